The molecule has 31 heavy (non-hydrogen) atoms. The van der Waals surface area contributed by atoms with E-state index < -0.39 is 6.10 Å². The number of alkyl carbamates (subject to hydrolysis) is 1. The van der Waals surface area contributed by atoms with Crippen molar-refractivity contribution in [3.63, 3.8) is 0 Å². The van der Waals surface area contributed by atoms with Crippen LogP contribution in [0.1, 0.15) is 37.7 Å². The van der Waals surface area contributed by atoms with Gasteiger partial charge in [0.05, 0.1) is 12.3 Å². The van der Waals surface area contributed by atoms with E-state index in [1.807, 2.05) is 0 Å². The third-order valence-electron chi connectivity index (χ3n) is 6.07. The molecule has 9 heteroatoms. The lowest BCUT2D eigenvalue weighted by molar-refractivity contribution is -0.116. The number of nitrogens with one attached hydrogen (secondary N) is 2. The molecule has 2 fully saturated rings. The fourth-order valence-corrected chi connectivity index (χ4v) is 4.06. The number of β-amino-alcohol motifs (C(OH)–C–C–N with tert-alkyl or cyclic N) is 1. The Morgan fingerprint density at radius 3 is 2.74 bits per heavy atom. The Balaban J connectivity index is 1.18. The second kappa shape index (κ2) is 9.74. The van der Waals surface area contributed by atoms with Crippen LogP contribution in [0.15, 0.2) is 12.1 Å². The van der Waals surface area contributed by atoms with Gasteiger partial charge in [-0.15, -0.1) is 0 Å². The normalized spacial score (nSPS) is 20.5. The predicted molar refractivity (Wildman–Crippen MR) is 113 cm³/mol. The number of hydrogen-bond donors (Lipinski definition) is 4. The first-order valence-corrected chi connectivity index (χ1v) is 11.1. The highest BCUT2D eigenvalue weighted by atomic mass is 16.5. The van der Waals surface area contributed by atoms with Gasteiger partial charge in [0.25, 0.3) is 0 Å². The van der Waals surface area contributed by atoms with E-state index in [1.165, 1.54) is 6.07 Å². The number of benzene rings is 1. The summed E-state index contributed by atoms with van der Waals surface area (Å²) in [6.45, 7) is 2.69. The highest BCUT2D eigenvalue weighted by Gasteiger charge is 2.26. The molecule has 1 saturated heterocycles. The van der Waals surface area contributed by atoms with Crippen LogP contribution in [0, 0.1) is 5.92 Å². The number of rotatable bonds is 8. The molecule has 2 aliphatic heterocycles. The number of nitrogens with zero attached hydrogens (tertiary/aromatic N) is 1. The van der Waals surface area contributed by atoms with Gasteiger partial charge in [-0.05, 0) is 50.2 Å². The minimum Gasteiger partial charge on any atom is -0.506 e. The van der Waals surface area contributed by atoms with E-state index in [0.29, 0.717) is 43.3 Å². The first-order chi connectivity index (χ1) is 15.0. The largest absolute Gasteiger partial charge is 0.506 e. The van der Waals surface area contributed by atoms with Crippen molar-refractivity contribution in [3.8, 4) is 11.5 Å². The average molecular weight is 434 g/mol. The second-order valence-electron chi connectivity index (χ2n) is 8.71. The van der Waals surface area contributed by atoms with Gasteiger partial charge in [-0.3, -0.25) is 4.79 Å². The van der Waals surface area contributed by atoms with Gasteiger partial charge in [0.1, 0.15) is 24.2 Å². The van der Waals surface area contributed by atoms with Crippen molar-refractivity contribution in [1.29, 1.82) is 0 Å². The highest BCUT2D eigenvalue weighted by Crippen LogP contribution is 2.38. The Morgan fingerprint density at radius 2 is 2.00 bits per heavy atom. The van der Waals surface area contributed by atoms with E-state index in [9.17, 15) is 19.8 Å². The van der Waals surface area contributed by atoms with Crippen LogP contribution in [0.3, 0.4) is 0 Å². The van der Waals surface area contributed by atoms with Gasteiger partial charge in [0, 0.05) is 37.7 Å². The molecule has 1 aromatic rings. The Bertz CT molecular complexity index is 805. The number of phenols is 1. The number of amides is 2. The molecule has 4 rings (SSSR count). The molecule has 4 N–H and O–H groups in total. The van der Waals surface area contributed by atoms with Gasteiger partial charge in [-0.2, -0.15) is 0 Å². The first kappa shape index (κ1) is 21.7. The molecule has 2 amide bonds. The quantitative estimate of drug-likeness (QED) is 0.460. The molecular weight excluding hydrogens is 402 g/mol. The van der Waals surface area contributed by atoms with Gasteiger partial charge in [0.2, 0.25) is 5.91 Å². The van der Waals surface area contributed by atoms with E-state index in [0.717, 1.165) is 44.3 Å². The maximum atomic E-state index is 11.8. The van der Waals surface area contributed by atoms with Crippen LogP contribution < -0.4 is 15.4 Å². The number of hydrogen-bond acceptors (Lipinski definition) is 7. The monoisotopic (exact) mass is 433 g/mol. The number of carbonyl (C=O) groups excluding carboxylic acids is 2. The fraction of sp³-hybridized carbons (Fsp3) is 0.636. The standard InChI is InChI=1S/C22H31N3O6/c26-16(13-30-19-5-4-18(27)21-17(19)3-6-20(28)24-21)11-25-9-7-15(8-10-25)23-22(29)31-12-14-1-2-14/h4-5,14-16,26-27H,1-3,6-13H2,(H,23,29)(H,24,28). The van der Waals surface area contributed by atoms with Crippen molar-refractivity contribution in [2.24, 2.45) is 5.92 Å². The summed E-state index contributed by atoms with van der Waals surface area (Å²) in [7, 11) is 0. The molecule has 1 aromatic carbocycles. The Labute approximate surface area is 181 Å². The van der Waals surface area contributed by atoms with Crippen LogP contribution in [-0.2, 0) is 16.0 Å². The molecule has 0 bridgehead atoms. The molecule has 1 unspecified atom stereocenters. The third kappa shape index (κ3) is 6.01. The summed E-state index contributed by atoms with van der Waals surface area (Å²) in [5.41, 5.74) is 1.15. The number of ether oxygens (including phenoxy) is 2. The van der Waals surface area contributed by atoms with Crippen LogP contribution in [-0.4, -0.2) is 72.1 Å². The fourth-order valence-electron chi connectivity index (χ4n) is 4.06. The molecule has 1 atom stereocenters. The van der Waals surface area contributed by atoms with E-state index in [1.54, 1.807) is 6.07 Å². The summed E-state index contributed by atoms with van der Waals surface area (Å²) in [4.78, 5) is 25.6. The number of anilines is 1. The van der Waals surface area contributed by atoms with Crippen molar-refractivity contribution >= 4 is 17.7 Å². The first-order valence-electron chi connectivity index (χ1n) is 11.1. The molecule has 3 aliphatic rings. The van der Waals surface area contributed by atoms with Crippen molar-refractivity contribution in [3.05, 3.63) is 17.7 Å². The SMILES string of the molecule is O=C1CCc2c(OCC(O)CN3CCC(NC(=O)OCC4CC4)CC3)ccc(O)c2N1. The topological polar surface area (TPSA) is 120 Å². The van der Waals surface area contributed by atoms with Crippen LogP contribution in [0.25, 0.3) is 0 Å². The highest BCUT2D eigenvalue weighted by molar-refractivity contribution is 5.96. The van der Waals surface area contributed by atoms with E-state index in [2.05, 4.69) is 15.5 Å². The van der Waals surface area contributed by atoms with E-state index in [-0.39, 0.29) is 30.4 Å². The zero-order valence-electron chi connectivity index (χ0n) is 17.6. The summed E-state index contributed by atoms with van der Waals surface area (Å²) in [6.07, 6.45) is 3.78. The molecule has 2 heterocycles. The predicted octanol–water partition coefficient (Wildman–Crippen LogP) is 1.62. The Morgan fingerprint density at radius 1 is 1.23 bits per heavy atom. The zero-order valence-corrected chi connectivity index (χ0v) is 17.6. The number of aliphatic hydroxyl groups is 1. The minimum atomic E-state index is -0.671. The average Bonchev–Trinajstić information content (AvgIpc) is 3.58. The smallest absolute Gasteiger partial charge is 0.407 e. The molecule has 1 aliphatic carbocycles. The van der Waals surface area contributed by atoms with Crippen molar-refractivity contribution in [2.45, 2.75) is 50.7 Å². The lowest BCUT2D eigenvalue weighted by Gasteiger charge is -2.33. The van der Waals surface area contributed by atoms with E-state index >= 15 is 0 Å². The van der Waals surface area contributed by atoms with Gasteiger partial charge in [-0.25, -0.2) is 4.79 Å². The number of piperidine rings is 1. The molecular formula is C22H31N3O6. The Hall–Kier alpha value is -2.52. The van der Waals surface area contributed by atoms with E-state index in [4.69, 9.17) is 9.47 Å². The lowest BCUT2D eigenvalue weighted by Crippen LogP contribution is -2.47. The van der Waals surface area contributed by atoms with Crippen LogP contribution in [0.5, 0.6) is 11.5 Å². The third-order valence-corrected chi connectivity index (χ3v) is 6.07. The molecule has 170 valence electrons. The van der Waals surface area contributed by atoms with Crippen LogP contribution in [0.2, 0.25) is 0 Å². The number of carbonyl (C=O) groups is 2. The maximum Gasteiger partial charge on any atom is 0.407 e. The number of phenolic OH excluding ortho intramolecular Hbond substituents is 1. The summed E-state index contributed by atoms with van der Waals surface area (Å²) in [6, 6.07) is 3.26. The number of fused-ring (bicyclic) bond motifs is 1. The number of aromatic hydroxyl groups is 1. The maximum absolute atomic E-state index is 11.8. The summed E-state index contributed by atoms with van der Waals surface area (Å²) < 4.78 is 11.0. The summed E-state index contributed by atoms with van der Waals surface area (Å²) in [5, 5.41) is 26.0. The van der Waals surface area contributed by atoms with Crippen molar-refractivity contribution in [2.75, 3.05) is 38.2 Å². The van der Waals surface area contributed by atoms with Gasteiger partial charge < -0.3 is 35.2 Å². The second-order valence-corrected chi connectivity index (χ2v) is 8.71. The van der Waals surface area contributed by atoms with Crippen molar-refractivity contribution in [1.82, 2.24) is 10.2 Å². The molecule has 1 saturated carbocycles. The molecule has 0 radical (unpaired) electrons. The summed E-state index contributed by atoms with van der Waals surface area (Å²) in [5.74, 6) is 1.01. The van der Waals surface area contributed by atoms with Crippen molar-refractivity contribution < 1.29 is 29.3 Å². The van der Waals surface area contributed by atoms with Crippen LogP contribution in [0.4, 0.5) is 10.5 Å². The minimum absolute atomic E-state index is 0.0175. The van der Waals surface area contributed by atoms with Gasteiger partial charge in [0.15, 0.2) is 0 Å². The molecule has 0 spiro atoms. The van der Waals surface area contributed by atoms with Gasteiger partial charge >= 0.3 is 6.09 Å². The van der Waals surface area contributed by atoms with Crippen LogP contribution >= 0.6 is 0 Å². The molecule has 0 aromatic heterocycles. The zero-order chi connectivity index (χ0) is 21.8. The number of aliphatic hydroxyl groups excluding tert-OH is 1. The van der Waals surface area contributed by atoms with Gasteiger partial charge in [-0.1, -0.05) is 0 Å². The summed E-state index contributed by atoms with van der Waals surface area (Å²) >= 11 is 0. The Kier molecular flexibility index (Phi) is 6.82. The number of likely N-dealkylation sites (tertiary alicyclic amines) is 1. The lowest BCUT2D eigenvalue weighted by atomic mass is 10.0. The molecule has 9 nitrogen and oxygen atoms in total.